The van der Waals surface area contributed by atoms with Crippen molar-refractivity contribution in [1.82, 2.24) is 30.0 Å². The third kappa shape index (κ3) is 4.87. The van der Waals surface area contributed by atoms with Gasteiger partial charge in [0, 0.05) is 38.1 Å². The van der Waals surface area contributed by atoms with E-state index in [0.29, 0.717) is 55.0 Å². The summed E-state index contributed by atoms with van der Waals surface area (Å²) in [6.07, 6.45) is 4.54. The van der Waals surface area contributed by atoms with E-state index in [2.05, 4.69) is 41.9 Å². The molecule has 0 unspecified atom stereocenters. The number of anilines is 3. The van der Waals surface area contributed by atoms with E-state index >= 15 is 0 Å². The van der Waals surface area contributed by atoms with Gasteiger partial charge in [-0.05, 0) is 36.4 Å². The summed E-state index contributed by atoms with van der Waals surface area (Å²) in [5, 5.41) is 12.0. The van der Waals surface area contributed by atoms with Gasteiger partial charge >= 0.3 is 0 Å². The predicted octanol–water partition coefficient (Wildman–Crippen LogP) is 3.56. The Morgan fingerprint density at radius 2 is 2.03 bits per heavy atom. The van der Waals surface area contributed by atoms with E-state index in [-0.39, 0.29) is 5.91 Å². The molecule has 1 aliphatic heterocycles. The van der Waals surface area contributed by atoms with E-state index < -0.39 is 0 Å². The Balaban J connectivity index is 1.33. The number of nitrogens with one attached hydrogen (secondary N) is 2. The monoisotopic (exact) mass is 490 g/mol. The molecule has 178 valence electrons. The minimum Gasteiger partial charge on any atom is -0.486 e. The van der Waals surface area contributed by atoms with E-state index in [1.54, 1.807) is 23.2 Å². The van der Waals surface area contributed by atoms with Crippen molar-refractivity contribution in [2.45, 2.75) is 6.61 Å². The minimum atomic E-state index is -0.0634. The summed E-state index contributed by atoms with van der Waals surface area (Å²) in [7, 11) is 0. The van der Waals surface area contributed by atoms with Crippen LogP contribution in [0.25, 0.3) is 11.0 Å². The lowest BCUT2D eigenvalue weighted by atomic mass is 10.2. The molecule has 10 nitrogen and oxygen atoms in total. The summed E-state index contributed by atoms with van der Waals surface area (Å²) in [5.74, 6) is 1.83. The lowest BCUT2D eigenvalue weighted by Gasteiger charge is -2.34. The number of pyridine rings is 1. The van der Waals surface area contributed by atoms with Crippen LogP contribution in [-0.2, 0) is 11.4 Å². The van der Waals surface area contributed by atoms with Crippen LogP contribution in [0.2, 0.25) is 5.02 Å². The quantitative estimate of drug-likeness (QED) is 0.378. The van der Waals surface area contributed by atoms with Crippen molar-refractivity contribution in [3.8, 4) is 5.75 Å². The lowest BCUT2D eigenvalue weighted by molar-refractivity contribution is -0.126. The van der Waals surface area contributed by atoms with Crippen LogP contribution in [0.5, 0.6) is 5.75 Å². The second-order valence-electron chi connectivity index (χ2n) is 7.89. The zero-order valence-corrected chi connectivity index (χ0v) is 19.6. The van der Waals surface area contributed by atoms with Gasteiger partial charge in [-0.2, -0.15) is 5.10 Å². The van der Waals surface area contributed by atoms with Crippen molar-refractivity contribution in [3.05, 3.63) is 72.3 Å². The molecule has 1 aliphatic rings. The normalized spacial score (nSPS) is 13.6. The van der Waals surface area contributed by atoms with Gasteiger partial charge in [0.25, 0.3) is 0 Å². The highest BCUT2D eigenvalue weighted by atomic mass is 35.5. The molecule has 0 aliphatic carbocycles. The summed E-state index contributed by atoms with van der Waals surface area (Å²) < 4.78 is 5.81. The van der Waals surface area contributed by atoms with Crippen LogP contribution in [0.3, 0.4) is 0 Å². The van der Waals surface area contributed by atoms with Gasteiger partial charge in [0.2, 0.25) is 5.91 Å². The van der Waals surface area contributed by atoms with Crippen LogP contribution in [0.1, 0.15) is 5.69 Å². The molecule has 3 aromatic heterocycles. The van der Waals surface area contributed by atoms with Crippen molar-refractivity contribution < 1.29 is 9.53 Å². The molecule has 0 radical (unpaired) electrons. The third-order valence-corrected chi connectivity index (χ3v) is 6.00. The number of amides is 1. The average Bonchev–Trinajstić information content (AvgIpc) is 3.34. The molecule has 2 N–H and O–H groups in total. The third-order valence-electron chi connectivity index (χ3n) is 5.70. The van der Waals surface area contributed by atoms with Crippen molar-refractivity contribution in [3.63, 3.8) is 0 Å². The Morgan fingerprint density at radius 1 is 1.17 bits per heavy atom. The second kappa shape index (κ2) is 9.98. The fourth-order valence-electron chi connectivity index (χ4n) is 3.90. The van der Waals surface area contributed by atoms with E-state index in [9.17, 15) is 4.79 Å². The largest absolute Gasteiger partial charge is 0.486 e. The molecule has 4 heterocycles. The number of rotatable bonds is 7. The summed E-state index contributed by atoms with van der Waals surface area (Å²) in [5.41, 5.74) is 2.17. The highest BCUT2D eigenvalue weighted by Gasteiger charge is 2.24. The van der Waals surface area contributed by atoms with Gasteiger partial charge in [-0.25, -0.2) is 9.97 Å². The number of fused-ring (bicyclic) bond motifs is 1. The van der Waals surface area contributed by atoms with Gasteiger partial charge in [0.15, 0.2) is 11.5 Å². The summed E-state index contributed by atoms with van der Waals surface area (Å²) in [6, 6.07) is 11.1. The van der Waals surface area contributed by atoms with E-state index in [1.165, 1.54) is 12.4 Å². The van der Waals surface area contributed by atoms with Gasteiger partial charge in [0.05, 0.1) is 10.7 Å². The molecule has 1 saturated heterocycles. The first kappa shape index (κ1) is 22.6. The molecule has 1 amide bonds. The first-order valence-electron chi connectivity index (χ1n) is 11.1. The average molecular weight is 491 g/mol. The fraction of sp³-hybridized carbons (Fsp3) is 0.208. The molecule has 0 bridgehead atoms. The van der Waals surface area contributed by atoms with Crippen LogP contribution in [0.15, 0.2) is 61.6 Å². The van der Waals surface area contributed by atoms with E-state index in [0.717, 1.165) is 22.6 Å². The number of hydrogen-bond acceptors (Lipinski definition) is 8. The fourth-order valence-corrected chi connectivity index (χ4v) is 4.14. The molecular weight excluding hydrogens is 468 g/mol. The summed E-state index contributed by atoms with van der Waals surface area (Å²) in [6.45, 7) is 6.35. The summed E-state index contributed by atoms with van der Waals surface area (Å²) >= 11 is 6.48. The number of nitrogens with zero attached hydrogens (tertiary/aromatic N) is 6. The number of carbonyl (C=O) groups is 1. The molecule has 5 rings (SSSR count). The van der Waals surface area contributed by atoms with Gasteiger partial charge in [-0.3, -0.25) is 14.9 Å². The SMILES string of the molecule is C=CC(=O)N1CCN(c2n[nH]c3ncnc(Nc4ccc(OCc5ccccn5)c(Cl)c4)c23)CC1. The van der Waals surface area contributed by atoms with Crippen molar-refractivity contribution in [2.75, 3.05) is 36.4 Å². The van der Waals surface area contributed by atoms with Crippen LogP contribution >= 0.6 is 11.6 Å². The Labute approximate surface area is 206 Å². The van der Waals surface area contributed by atoms with Crippen molar-refractivity contribution >= 4 is 45.9 Å². The second-order valence-corrected chi connectivity index (χ2v) is 8.30. The maximum atomic E-state index is 11.9. The molecule has 1 fully saturated rings. The Bertz CT molecular complexity index is 1350. The van der Waals surface area contributed by atoms with Crippen molar-refractivity contribution in [1.29, 1.82) is 0 Å². The van der Waals surface area contributed by atoms with Crippen LogP contribution < -0.4 is 15.0 Å². The zero-order valence-electron chi connectivity index (χ0n) is 18.8. The number of aromatic amines is 1. The number of benzene rings is 1. The van der Waals surface area contributed by atoms with Crippen LogP contribution in [-0.4, -0.2) is 62.1 Å². The highest BCUT2D eigenvalue weighted by molar-refractivity contribution is 6.32. The van der Waals surface area contributed by atoms with Crippen LogP contribution in [0, 0.1) is 0 Å². The first-order chi connectivity index (χ1) is 17.1. The molecule has 4 aromatic rings. The molecular formula is C24H23ClN8O2. The van der Waals surface area contributed by atoms with Gasteiger partial charge in [-0.15, -0.1) is 0 Å². The minimum absolute atomic E-state index is 0.0634. The standard InChI is InChI=1S/C24H23ClN8O2/c1-2-20(34)32-9-11-33(12-10-32)24-21-22(27-15-28-23(21)30-31-24)29-16-6-7-19(18(25)13-16)35-14-17-5-3-4-8-26-17/h2-8,13,15H,1,9-12,14H2,(H2,27,28,29,30,31). The number of H-pyrrole nitrogens is 1. The highest BCUT2D eigenvalue weighted by Crippen LogP contribution is 2.33. The topological polar surface area (TPSA) is 112 Å². The van der Waals surface area contributed by atoms with Crippen LogP contribution in [0.4, 0.5) is 17.3 Å². The summed E-state index contributed by atoms with van der Waals surface area (Å²) in [4.78, 5) is 28.8. The van der Waals surface area contributed by atoms with E-state index in [4.69, 9.17) is 16.3 Å². The lowest BCUT2D eigenvalue weighted by Crippen LogP contribution is -2.48. The Kier molecular flexibility index (Phi) is 6.44. The van der Waals surface area contributed by atoms with Gasteiger partial charge in [0.1, 0.15) is 29.9 Å². The molecule has 1 aromatic carbocycles. The molecule has 0 saturated carbocycles. The maximum Gasteiger partial charge on any atom is 0.246 e. The number of aromatic nitrogens is 5. The molecule has 0 spiro atoms. The van der Waals surface area contributed by atoms with E-state index in [1.807, 2.05) is 24.3 Å². The number of halogens is 1. The number of piperazine rings is 1. The Hall–Kier alpha value is -4.18. The maximum absolute atomic E-state index is 11.9. The first-order valence-corrected chi connectivity index (χ1v) is 11.4. The predicted molar refractivity (Wildman–Crippen MR) is 134 cm³/mol. The van der Waals surface area contributed by atoms with Crippen molar-refractivity contribution in [2.24, 2.45) is 0 Å². The molecule has 0 atom stereocenters. The number of hydrogen-bond donors (Lipinski definition) is 2. The number of ether oxygens (including phenoxy) is 1. The molecule has 35 heavy (non-hydrogen) atoms. The number of carbonyl (C=O) groups excluding carboxylic acids is 1. The molecule has 11 heteroatoms. The smallest absolute Gasteiger partial charge is 0.246 e. The zero-order chi connectivity index (χ0) is 24.2. The van der Waals surface area contributed by atoms with Gasteiger partial charge < -0.3 is 19.9 Å². The van der Waals surface area contributed by atoms with Gasteiger partial charge in [-0.1, -0.05) is 24.2 Å². The Morgan fingerprint density at radius 3 is 2.77 bits per heavy atom.